The second kappa shape index (κ2) is 5.51. The van der Waals surface area contributed by atoms with Crippen LogP contribution in [0.1, 0.15) is 29.6 Å². The van der Waals surface area contributed by atoms with Crippen molar-refractivity contribution in [2.24, 2.45) is 0 Å². The molecule has 0 unspecified atom stereocenters. The Morgan fingerprint density at radius 3 is 3.11 bits per heavy atom. The van der Waals surface area contributed by atoms with Crippen LogP contribution in [0.15, 0.2) is 23.4 Å². The molecule has 1 amide bonds. The van der Waals surface area contributed by atoms with Crippen LogP contribution in [0.25, 0.3) is 0 Å². The van der Waals surface area contributed by atoms with Crippen molar-refractivity contribution in [3.05, 3.63) is 23.9 Å². The van der Waals surface area contributed by atoms with Crippen LogP contribution in [0.2, 0.25) is 0 Å². The molecule has 1 N–H and O–H groups in total. The smallest absolute Gasteiger partial charge is 0.257 e. The molecule has 2 fully saturated rings. The van der Waals surface area contributed by atoms with Gasteiger partial charge in [-0.1, -0.05) is 0 Å². The summed E-state index contributed by atoms with van der Waals surface area (Å²) in [5.41, 5.74) is 0.758. The summed E-state index contributed by atoms with van der Waals surface area (Å²) in [6, 6.07) is 4.52. The van der Waals surface area contributed by atoms with Crippen molar-refractivity contribution in [1.82, 2.24) is 15.2 Å². The molecule has 0 aliphatic carbocycles. The molecule has 2 bridgehead atoms. The molecule has 3 rings (SSSR count). The number of hydrogen-bond donors (Lipinski definition) is 1. The SMILES string of the molecule is CSc1ncccc1C(=O)N1[C@H]2CCNC[C@@H]1CC2. The first-order valence-corrected chi connectivity index (χ1v) is 8.06. The number of carbonyl (C=O) groups is 1. The maximum Gasteiger partial charge on any atom is 0.257 e. The molecule has 19 heavy (non-hydrogen) atoms. The van der Waals surface area contributed by atoms with Crippen molar-refractivity contribution >= 4 is 17.7 Å². The van der Waals surface area contributed by atoms with Crippen molar-refractivity contribution < 1.29 is 4.79 Å². The third kappa shape index (κ3) is 2.37. The molecule has 0 spiro atoms. The maximum absolute atomic E-state index is 12.8. The van der Waals surface area contributed by atoms with E-state index in [9.17, 15) is 4.79 Å². The van der Waals surface area contributed by atoms with E-state index in [1.54, 1.807) is 18.0 Å². The van der Waals surface area contributed by atoms with Crippen LogP contribution < -0.4 is 5.32 Å². The molecule has 1 aromatic rings. The van der Waals surface area contributed by atoms with Crippen LogP contribution >= 0.6 is 11.8 Å². The monoisotopic (exact) mass is 277 g/mol. The van der Waals surface area contributed by atoms with Gasteiger partial charge in [0.1, 0.15) is 5.03 Å². The predicted octanol–water partition coefficient (Wildman–Crippen LogP) is 1.77. The summed E-state index contributed by atoms with van der Waals surface area (Å²) < 4.78 is 0. The Labute approximate surface area is 118 Å². The van der Waals surface area contributed by atoms with Gasteiger partial charge in [0.05, 0.1) is 5.56 Å². The summed E-state index contributed by atoms with van der Waals surface area (Å²) in [7, 11) is 0. The van der Waals surface area contributed by atoms with Crippen LogP contribution in [0, 0.1) is 0 Å². The molecule has 3 heterocycles. The summed E-state index contributed by atoms with van der Waals surface area (Å²) >= 11 is 1.54. The number of carbonyl (C=O) groups excluding carboxylic acids is 1. The number of nitrogens with zero attached hydrogens (tertiary/aromatic N) is 2. The fourth-order valence-electron chi connectivity index (χ4n) is 3.17. The Kier molecular flexibility index (Phi) is 3.75. The average molecular weight is 277 g/mol. The molecule has 2 aliphatic heterocycles. The molecular formula is C14H19N3OS. The highest BCUT2D eigenvalue weighted by Gasteiger charge is 2.38. The molecule has 0 aromatic carbocycles. The molecule has 102 valence electrons. The summed E-state index contributed by atoms with van der Waals surface area (Å²) in [6.07, 6.45) is 7.06. The maximum atomic E-state index is 12.8. The van der Waals surface area contributed by atoms with Crippen LogP contribution in [0.5, 0.6) is 0 Å². The molecule has 0 saturated carbocycles. The van der Waals surface area contributed by atoms with Crippen molar-refractivity contribution in [1.29, 1.82) is 0 Å². The predicted molar refractivity (Wildman–Crippen MR) is 76.5 cm³/mol. The highest BCUT2D eigenvalue weighted by molar-refractivity contribution is 7.98. The quantitative estimate of drug-likeness (QED) is 0.837. The van der Waals surface area contributed by atoms with Gasteiger partial charge in [0, 0.05) is 24.8 Å². The number of thioether (sulfide) groups is 1. The number of pyridine rings is 1. The number of rotatable bonds is 2. The van der Waals surface area contributed by atoms with E-state index in [2.05, 4.69) is 15.2 Å². The van der Waals surface area contributed by atoms with Gasteiger partial charge < -0.3 is 10.2 Å². The fraction of sp³-hybridized carbons (Fsp3) is 0.571. The van der Waals surface area contributed by atoms with Crippen molar-refractivity contribution in [2.75, 3.05) is 19.3 Å². The Hall–Kier alpha value is -1.07. The van der Waals surface area contributed by atoms with E-state index in [4.69, 9.17) is 0 Å². The first kappa shape index (κ1) is 12.9. The first-order valence-electron chi connectivity index (χ1n) is 6.83. The minimum absolute atomic E-state index is 0.161. The van der Waals surface area contributed by atoms with Crippen LogP contribution in [0.3, 0.4) is 0 Å². The van der Waals surface area contributed by atoms with E-state index in [1.165, 1.54) is 0 Å². The summed E-state index contributed by atoms with van der Waals surface area (Å²) in [4.78, 5) is 19.3. The second-order valence-corrected chi connectivity index (χ2v) is 5.95. The van der Waals surface area contributed by atoms with Crippen LogP contribution in [-0.2, 0) is 0 Å². The van der Waals surface area contributed by atoms with E-state index in [-0.39, 0.29) is 5.91 Å². The van der Waals surface area contributed by atoms with E-state index in [1.807, 2.05) is 18.4 Å². The third-order valence-electron chi connectivity index (χ3n) is 4.08. The highest BCUT2D eigenvalue weighted by Crippen LogP contribution is 2.31. The van der Waals surface area contributed by atoms with E-state index in [0.29, 0.717) is 12.1 Å². The normalized spacial score (nSPS) is 26.3. The zero-order chi connectivity index (χ0) is 13.2. The van der Waals surface area contributed by atoms with Gasteiger partial charge in [-0.3, -0.25) is 4.79 Å². The number of amides is 1. The van der Waals surface area contributed by atoms with Gasteiger partial charge in [-0.2, -0.15) is 0 Å². The molecule has 0 radical (unpaired) electrons. The Morgan fingerprint density at radius 2 is 2.26 bits per heavy atom. The zero-order valence-electron chi connectivity index (χ0n) is 11.1. The summed E-state index contributed by atoms with van der Waals surface area (Å²) in [6.45, 7) is 1.95. The van der Waals surface area contributed by atoms with Gasteiger partial charge in [0.15, 0.2) is 0 Å². The largest absolute Gasteiger partial charge is 0.331 e. The molecular weight excluding hydrogens is 258 g/mol. The van der Waals surface area contributed by atoms with Crippen molar-refractivity contribution in [2.45, 2.75) is 36.4 Å². The number of hydrogen-bond acceptors (Lipinski definition) is 4. The van der Waals surface area contributed by atoms with Crippen molar-refractivity contribution in [3.63, 3.8) is 0 Å². The lowest BCUT2D eigenvalue weighted by molar-refractivity contribution is 0.0676. The van der Waals surface area contributed by atoms with Gasteiger partial charge in [0.2, 0.25) is 0 Å². The topological polar surface area (TPSA) is 45.2 Å². The molecule has 5 heteroatoms. The second-order valence-electron chi connectivity index (χ2n) is 5.15. The lowest BCUT2D eigenvalue weighted by Gasteiger charge is -2.28. The average Bonchev–Trinajstić information content (AvgIpc) is 2.71. The molecule has 2 aliphatic rings. The van der Waals surface area contributed by atoms with E-state index >= 15 is 0 Å². The van der Waals surface area contributed by atoms with Crippen molar-refractivity contribution in [3.8, 4) is 0 Å². The van der Waals surface area contributed by atoms with E-state index in [0.717, 1.165) is 42.9 Å². The standard InChI is InChI=1S/C14H19N3OS/c1-19-13-12(3-2-7-16-13)14(18)17-10-4-5-11(17)9-15-8-6-10/h2-3,7,10-11,15H,4-6,8-9H2,1H3/t10-,11+/m1/s1. The van der Waals surface area contributed by atoms with Crippen LogP contribution in [-0.4, -0.2) is 47.2 Å². The summed E-state index contributed by atoms with van der Waals surface area (Å²) in [5.74, 6) is 0.161. The highest BCUT2D eigenvalue weighted by atomic mass is 32.2. The number of nitrogens with one attached hydrogen (secondary N) is 1. The molecule has 2 atom stereocenters. The molecule has 4 nitrogen and oxygen atoms in total. The lowest BCUT2D eigenvalue weighted by atomic mass is 10.1. The van der Waals surface area contributed by atoms with Gasteiger partial charge in [-0.15, -0.1) is 11.8 Å². The van der Waals surface area contributed by atoms with Gasteiger partial charge in [-0.05, 0) is 44.2 Å². The number of fused-ring (bicyclic) bond motifs is 2. The zero-order valence-corrected chi connectivity index (χ0v) is 11.9. The number of aromatic nitrogens is 1. The van der Waals surface area contributed by atoms with Crippen LogP contribution in [0.4, 0.5) is 0 Å². The molecule has 2 saturated heterocycles. The third-order valence-corrected chi connectivity index (χ3v) is 4.80. The van der Waals surface area contributed by atoms with E-state index < -0.39 is 0 Å². The van der Waals surface area contributed by atoms with Gasteiger partial charge in [0.25, 0.3) is 5.91 Å². The minimum Gasteiger partial charge on any atom is -0.331 e. The van der Waals surface area contributed by atoms with Gasteiger partial charge >= 0.3 is 0 Å². The first-order chi connectivity index (χ1) is 9.31. The lowest BCUT2D eigenvalue weighted by Crippen LogP contribution is -2.42. The Bertz CT molecular complexity index is 466. The fourth-order valence-corrected chi connectivity index (χ4v) is 3.71. The van der Waals surface area contributed by atoms with Gasteiger partial charge in [-0.25, -0.2) is 4.98 Å². The Morgan fingerprint density at radius 1 is 1.42 bits per heavy atom. The minimum atomic E-state index is 0.161. The molecule has 1 aromatic heterocycles. The Balaban J connectivity index is 1.91. The summed E-state index contributed by atoms with van der Waals surface area (Å²) in [5, 5.41) is 4.27.